The molecule has 0 N–H and O–H groups in total. The first-order valence-corrected chi connectivity index (χ1v) is 11.1. The zero-order chi connectivity index (χ0) is 18.9. The molecule has 0 aromatic heterocycles. The van der Waals surface area contributed by atoms with Gasteiger partial charge in [-0.05, 0) is 44.9 Å². The number of ether oxygens (including phenoxy) is 1. The van der Waals surface area contributed by atoms with Crippen LogP contribution in [-0.4, -0.2) is 41.9 Å². The number of hydrogen-bond donors (Lipinski definition) is 0. The summed E-state index contributed by atoms with van der Waals surface area (Å²) in [5.74, 6) is 0.211. The number of esters is 1. The standard InChI is InChI=1S/C19H38O5Si/c1-6-8-14-22-25(23-15-9-7-2)24-16-12-18(5)11-10-13-21-19(20)17(3)4/h18,25H,3,6-16H2,1-2,4-5H3. The van der Waals surface area contributed by atoms with Gasteiger partial charge in [0.1, 0.15) is 0 Å². The van der Waals surface area contributed by atoms with Gasteiger partial charge in [0.05, 0.1) is 6.61 Å². The molecule has 0 saturated carbocycles. The van der Waals surface area contributed by atoms with Crippen LogP contribution in [-0.2, 0) is 22.8 Å². The minimum Gasteiger partial charge on any atom is -0.462 e. The highest BCUT2D eigenvalue weighted by atomic mass is 28.3. The van der Waals surface area contributed by atoms with Crippen molar-refractivity contribution in [3.05, 3.63) is 12.2 Å². The van der Waals surface area contributed by atoms with Gasteiger partial charge in [-0.2, -0.15) is 0 Å². The molecule has 0 radical (unpaired) electrons. The molecule has 0 bridgehead atoms. The van der Waals surface area contributed by atoms with E-state index in [2.05, 4.69) is 27.4 Å². The number of carbonyl (C=O) groups excluding carboxylic acids is 1. The lowest BCUT2D eigenvalue weighted by molar-refractivity contribution is -0.139. The molecule has 1 atom stereocenters. The summed E-state index contributed by atoms with van der Waals surface area (Å²) in [5.41, 5.74) is 0.448. The molecule has 0 rings (SSSR count). The molecule has 1 unspecified atom stereocenters. The second kappa shape index (κ2) is 16.8. The van der Waals surface area contributed by atoms with E-state index in [1.54, 1.807) is 6.92 Å². The van der Waals surface area contributed by atoms with Gasteiger partial charge in [-0.3, -0.25) is 0 Å². The Hall–Kier alpha value is -0.693. The smallest absolute Gasteiger partial charge is 0.462 e. The van der Waals surface area contributed by atoms with E-state index >= 15 is 0 Å². The predicted molar refractivity (Wildman–Crippen MR) is 104 cm³/mol. The average molecular weight is 375 g/mol. The van der Waals surface area contributed by atoms with Gasteiger partial charge in [-0.15, -0.1) is 0 Å². The van der Waals surface area contributed by atoms with Gasteiger partial charge in [0.25, 0.3) is 0 Å². The van der Waals surface area contributed by atoms with Crippen LogP contribution >= 0.6 is 0 Å². The number of rotatable bonds is 17. The Kier molecular flexibility index (Phi) is 16.3. The van der Waals surface area contributed by atoms with Crippen LogP contribution in [0.1, 0.15) is 72.6 Å². The topological polar surface area (TPSA) is 54.0 Å². The molecule has 0 saturated heterocycles. The summed E-state index contributed by atoms with van der Waals surface area (Å²) >= 11 is 0. The molecule has 0 aliphatic heterocycles. The molecule has 6 heteroatoms. The minimum absolute atomic E-state index is 0.307. The molecule has 0 aromatic rings. The van der Waals surface area contributed by atoms with E-state index < -0.39 is 9.53 Å². The third kappa shape index (κ3) is 15.3. The van der Waals surface area contributed by atoms with Crippen molar-refractivity contribution < 1.29 is 22.8 Å². The molecule has 0 amide bonds. The van der Waals surface area contributed by atoms with Crippen LogP contribution in [0.15, 0.2) is 12.2 Å². The number of unbranched alkanes of at least 4 members (excludes halogenated alkanes) is 2. The van der Waals surface area contributed by atoms with E-state index in [1.807, 2.05) is 0 Å². The van der Waals surface area contributed by atoms with Crippen LogP contribution in [0.25, 0.3) is 0 Å². The van der Waals surface area contributed by atoms with Gasteiger partial charge < -0.3 is 18.0 Å². The zero-order valence-electron chi connectivity index (χ0n) is 16.7. The second-order valence-corrected chi connectivity index (χ2v) is 8.14. The van der Waals surface area contributed by atoms with Gasteiger partial charge in [0.2, 0.25) is 0 Å². The first-order valence-electron chi connectivity index (χ1n) is 9.68. The van der Waals surface area contributed by atoms with Gasteiger partial charge >= 0.3 is 15.5 Å². The lowest BCUT2D eigenvalue weighted by Gasteiger charge is -2.18. The van der Waals surface area contributed by atoms with Crippen LogP contribution in [0.3, 0.4) is 0 Å². The van der Waals surface area contributed by atoms with Crippen LogP contribution in [0.4, 0.5) is 0 Å². The van der Waals surface area contributed by atoms with Crippen molar-refractivity contribution in [2.75, 3.05) is 26.4 Å². The van der Waals surface area contributed by atoms with Crippen LogP contribution in [0, 0.1) is 5.92 Å². The fourth-order valence-electron chi connectivity index (χ4n) is 2.02. The van der Waals surface area contributed by atoms with Crippen molar-refractivity contribution in [3.8, 4) is 0 Å². The molecular weight excluding hydrogens is 336 g/mol. The number of hydrogen-bond acceptors (Lipinski definition) is 5. The first-order chi connectivity index (χ1) is 12.0. The Labute approximate surface area is 156 Å². The summed E-state index contributed by atoms with van der Waals surface area (Å²) in [6.45, 7) is 14.3. The summed E-state index contributed by atoms with van der Waals surface area (Å²) in [5, 5.41) is 0. The molecule has 0 heterocycles. The van der Waals surface area contributed by atoms with Crippen molar-refractivity contribution in [2.45, 2.75) is 72.6 Å². The second-order valence-electron chi connectivity index (χ2n) is 6.56. The Morgan fingerprint density at radius 3 is 2.00 bits per heavy atom. The number of carbonyl (C=O) groups is 1. The molecule has 0 aliphatic rings. The van der Waals surface area contributed by atoms with E-state index in [1.165, 1.54) is 0 Å². The quantitative estimate of drug-likeness (QED) is 0.165. The molecular formula is C19H38O5Si. The monoisotopic (exact) mass is 374 g/mol. The van der Waals surface area contributed by atoms with Gasteiger partial charge in [-0.1, -0.05) is 40.2 Å². The van der Waals surface area contributed by atoms with Crippen LogP contribution in [0.5, 0.6) is 0 Å². The van der Waals surface area contributed by atoms with Gasteiger partial charge in [-0.25, -0.2) is 4.79 Å². The highest BCUT2D eigenvalue weighted by Gasteiger charge is 2.15. The summed E-state index contributed by atoms with van der Waals surface area (Å²) in [6.07, 6.45) is 7.15. The molecule has 0 fully saturated rings. The lowest BCUT2D eigenvalue weighted by Crippen LogP contribution is -2.29. The van der Waals surface area contributed by atoms with Crippen LogP contribution in [0.2, 0.25) is 0 Å². The molecule has 25 heavy (non-hydrogen) atoms. The van der Waals surface area contributed by atoms with E-state index in [0.717, 1.165) is 58.2 Å². The SMILES string of the molecule is C=C(C)C(=O)OCCCC(C)CCO[SiH](OCCCC)OCCCC. The summed E-state index contributed by atoms with van der Waals surface area (Å²) in [6, 6.07) is 0. The fraction of sp³-hybridized carbons (Fsp3) is 0.842. The van der Waals surface area contributed by atoms with Crippen molar-refractivity contribution in [2.24, 2.45) is 5.92 Å². The summed E-state index contributed by atoms with van der Waals surface area (Å²) in [4.78, 5) is 11.3. The third-order valence-corrected chi connectivity index (χ3v) is 5.31. The predicted octanol–water partition coefficient (Wildman–Crippen LogP) is 4.28. The maximum atomic E-state index is 11.3. The maximum absolute atomic E-state index is 11.3. The summed E-state index contributed by atoms with van der Waals surface area (Å²) in [7, 11) is -1.99. The maximum Gasteiger partial charge on any atom is 0.484 e. The van der Waals surface area contributed by atoms with E-state index in [9.17, 15) is 4.79 Å². The van der Waals surface area contributed by atoms with E-state index in [-0.39, 0.29) is 5.97 Å². The third-order valence-electron chi connectivity index (χ3n) is 3.79. The first kappa shape index (κ1) is 24.3. The molecule has 148 valence electrons. The minimum atomic E-state index is -1.99. The average Bonchev–Trinajstić information content (AvgIpc) is 2.58. The lowest BCUT2D eigenvalue weighted by atomic mass is 10.0. The Balaban J connectivity index is 3.83. The van der Waals surface area contributed by atoms with E-state index in [0.29, 0.717) is 24.7 Å². The molecule has 0 spiro atoms. The van der Waals surface area contributed by atoms with Crippen LogP contribution < -0.4 is 0 Å². The van der Waals surface area contributed by atoms with Crippen molar-refractivity contribution in [1.29, 1.82) is 0 Å². The molecule has 0 aromatic carbocycles. The van der Waals surface area contributed by atoms with Gasteiger partial charge in [0, 0.05) is 25.4 Å². The van der Waals surface area contributed by atoms with Gasteiger partial charge in [0.15, 0.2) is 0 Å². The largest absolute Gasteiger partial charge is 0.484 e. The highest BCUT2D eigenvalue weighted by molar-refractivity contribution is 6.36. The Bertz CT molecular complexity index is 339. The fourth-order valence-corrected chi connectivity index (χ4v) is 3.36. The zero-order valence-corrected chi connectivity index (χ0v) is 17.8. The van der Waals surface area contributed by atoms with Crippen molar-refractivity contribution >= 4 is 15.5 Å². The molecule has 0 aliphatic carbocycles. The summed E-state index contributed by atoms with van der Waals surface area (Å²) < 4.78 is 22.6. The normalized spacial score (nSPS) is 12.4. The Morgan fingerprint density at radius 2 is 1.48 bits per heavy atom. The molecule has 5 nitrogen and oxygen atoms in total. The van der Waals surface area contributed by atoms with E-state index in [4.69, 9.17) is 18.0 Å². The van der Waals surface area contributed by atoms with Crippen molar-refractivity contribution in [3.63, 3.8) is 0 Å². The highest BCUT2D eigenvalue weighted by Crippen LogP contribution is 2.11. The van der Waals surface area contributed by atoms with Crippen molar-refractivity contribution in [1.82, 2.24) is 0 Å². The Morgan fingerprint density at radius 1 is 0.920 bits per heavy atom.